The van der Waals surface area contributed by atoms with Gasteiger partial charge in [-0.05, 0) is 50.6 Å². The third-order valence-corrected chi connectivity index (χ3v) is 4.93. The van der Waals surface area contributed by atoms with Crippen LogP contribution in [0.5, 0.6) is 0 Å². The van der Waals surface area contributed by atoms with E-state index in [-0.39, 0.29) is 5.91 Å². The fourth-order valence-electron chi connectivity index (χ4n) is 3.03. The number of aryl methyl sites for hydroxylation is 1. The van der Waals surface area contributed by atoms with Crippen LogP contribution in [0.2, 0.25) is 0 Å². The van der Waals surface area contributed by atoms with Gasteiger partial charge in [-0.3, -0.25) is 4.79 Å². The summed E-state index contributed by atoms with van der Waals surface area (Å²) in [5.74, 6) is 0.176. The summed E-state index contributed by atoms with van der Waals surface area (Å²) >= 11 is 0. The van der Waals surface area contributed by atoms with Gasteiger partial charge in [0, 0.05) is 13.6 Å². The van der Waals surface area contributed by atoms with E-state index in [4.69, 9.17) is 0 Å². The number of amides is 1. The monoisotopic (exact) mass is 288 g/mol. The van der Waals surface area contributed by atoms with Gasteiger partial charge in [0.25, 0.3) is 0 Å². The van der Waals surface area contributed by atoms with Crippen molar-refractivity contribution in [1.29, 1.82) is 0 Å². The second-order valence-electron chi connectivity index (χ2n) is 6.33. The Balaban J connectivity index is 1.83. The zero-order valence-electron chi connectivity index (χ0n) is 13.6. The number of carbonyl (C=O) groups excluding carboxylic acids is 1. The molecule has 1 saturated carbocycles. The third-order valence-electron chi connectivity index (χ3n) is 4.93. The van der Waals surface area contributed by atoms with Gasteiger partial charge < -0.3 is 10.2 Å². The van der Waals surface area contributed by atoms with Crippen LogP contribution in [0.1, 0.15) is 43.7 Å². The van der Waals surface area contributed by atoms with Gasteiger partial charge in [-0.15, -0.1) is 0 Å². The molecule has 1 amide bonds. The van der Waals surface area contributed by atoms with Crippen molar-refractivity contribution < 1.29 is 4.79 Å². The maximum absolute atomic E-state index is 11.8. The van der Waals surface area contributed by atoms with Crippen LogP contribution < -0.4 is 5.32 Å². The summed E-state index contributed by atoms with van der Waals surface area (Å²) in [7, 11) is 1.85. The molecule has 0 radical (unpaired) electrons. The van der Waals surface area contributed by atoms with E-state index < -0.39 is 0 Å². The SMILES string of the molecule is CCN(C)C(=O)CNCCC1(c2ccc(C)cc2)CCC1. The Labute approximate surface area is 128 Å². The summed E-state index contributed by atoms with van der Waals surface area (Å²) < 4.78 is 0. The van der Waals surface area contributed by atoms with Crippen LogP contribution in [-0.2, 0) is 10.2 Å². The minimum atomic E-state index is 0.176. The molecule has 1 aromatic carbocycles. The van der Waals surface area contributed by atoms with E-state index in [2.05, 4.69) is 36.5 Å². The van der Waals surface area contributed by atoms with E-state index in [1.54, 1.807) is 4.90 Å². The van der Waals surface area contributed by atoms with Gasteiger partial charge in [0.1, 0.15) is 0 Å². The van der Waals surface area contributed by atoms with E-state index in [0.29, 0.717) is 12.0 Å². The lowest BCUT2D eigenvalue weighted by molar-refractivity contribution is -0.128. The van der Waals surface area contributed by atoms with Gasteiger partial charge in [0.05, 0.1) is 6.54 Å². The summed E-state index contributed by atoms with van der Waals surface area (Å²) in [4.78, 5) is 13.5. The fraction of sp³-hybridized carbons (Fsp3) is 0.611. The minimum Gasteiger partial charge on any atom is -0.345 e. The molecule has 0 aliphatic heterocycles. The molecule has 0 unspecified atom stereocenters. The van der Waals surface area contributed by atoms with Crippen LogP contribution in [0.4, 0.5) is 0 Å². The lowest BCUT2D eigenvalue weighted by atomic mass is 9.62. The number of nitrogens with one attached hydrogen (secondary N) is 1. The predicted molar refractivity (Wildman–Crippen MR) is 87.5 cm³/mol. The first-order valence-corrected chi connectivity index (χ1v) is 8.09. The fourth-order valence-corrected chi connectivity index (χ4v) is 3.03. The smallest absolute Gasteiger partial charge is 0.236 e. The second-order valence-corrected chi connectivity index (χ2v) is 6.33. The molecule has 0 bridgehead atoms. The molecule has 3 nitrogen and oxygen atoms in total. The van der Waals surface area contributed by atoms with Gasteiger partial charge in [-0.25, -0.2) is 0 Å². The van der Waals surface area contributed by atoms with Gasteiger partial charge in [-0.2, -0.15) is 0 Å². The first kappa shape index (κ1) is 16.0. The third kappa shape index (κ3) is 3.85. The zero-order valence-corrected chi connectivity index (χ0v) is 13.6. The number of carbonyl (C=O) groups is 1. The molecule has 0 aromatic heterocycles. The molecule has 3 heteroatoms. The highest BCUT2D eigenvalue weighted by Crippen LogP contribution is 2.46. The van der Waals surface area contributed by atoms with Crippen LogP contribution in [-0.4, -0.2) is 37.5 Å². The highest BCUT2D eigenvalue weighted by Gasteiger charge is 2.37. The Kier molecular flexibility index (Phi) is 5.40. The van der Waals surface area contributed by atoms with E-state index in [1.165, 1.54) is 30.4 Å². The number of likely N-dealkylation sites (N-methyl/N-ethyl adjacent to an activating group) is 1. The summed E-state index contributed by atoms with van der Waals surface area (Å²) in [6.07, 6.45) is 5.01. The van der Waals surface area contributed by atoms with E-state index in [9.17, 15) is 4.79 Å². The maximum atomic E-state index is 11.8. The molecule has 2 rings (SSSR count). The quantitative estimate of drug-likeness (QED) is 0.783. The first-order valence-electron chi connectivity index (χ1n) is 8.09. The standard InChI is InChI=1S/C18H28N2O/c1-4-20(3)17(21)14-19-13-12-18(10-5-11-18)16-8-6-15(2)7-9-16/h6-9,19H,4-5,10-14H2,1-3H3. The summed E-state index contributed by atoms with van der Waals surface area (Å²) in [5.41, 5.74) is 3.14. The van der Waals surface area contributed by atoms with Crippen LogP contribution in [0, 0.1) is 6.92 Å². The van der Waals surface area contributed by atoms with Crippen molar-refractivity contribution in [1.82, 2.24) is 10.2 Å². The van der Waals surface area contributed by atoms with Crippen molar-refractivity contribution in [2.24, 2.45) is 0 Å². The van der Waals surface area contributed by atoms with Gasteiger partial charge >= 0.3 is 0 Å². The molecule has 0 heterocycles. The minimum absolute atomic E-state index is 0.176. The van der Waals surface area contributed by atoms with Crippen molar-refractivity contribution >= 4 is 5.91 Å². The van der Waals surface area contributed by atoms with E-state index in [0.717, 1.165) is 19.5 Å². The molecule has 1 aliphatic rings. The van der Waals surface area contributed by atoms with Crippen molar-refractivity contribution in [3.63, 3.8) is 0 Å². The Morgan fingerprint density at radius 1 is 1.29 bits per heavy atom. The van der Waals surface area contributed by atoms with Crippen molar-refractivity contribution in [3.05, 3.63) is 35.4 Å². The molecule has 1 aromatic rings. The van der Waals surface area contributed by atoms with E-state index in [1.807, 2.05) is 14.0 Å². The topological polar surface area (TPSA) is 32.3 Å². The number of benzene rings is 1. The van der Waals surface area contributed by atoms with Crippen molar-refractivity contribution in [2.45, 2.75) is 44.9 Å². The highest BCUT2D eigenvalue weighted by molar-refractivity contribution is 5.77. The Hall–Kier alpha value is -1.35. The summed E-state index contributed by atoms with van der Waals surface area (Å²) in [6, 6.07) is 8.99. The molecule has 1 aliphatic carbocycles. The predicted octanol–water partition coefficient (Wildman–Crippen LogP) is 2.87. The highest BCUT2D eigenvalue weighted by atomic mass is 16.2. The van der Waals surface area contributed by atoms with Gasteiger partial charge in [-0.1, -0.05) is 36.2 Å². The Bertz CT molecular complexity index is 463. The number of hydrogen-bond donors (Lipinski definition) is 1. The molecule has 1 fully saturated rings. The molecular weight excluding hydrogens is 260 g/mol. The lowest BCUT2D eigenvalue weighted by Crippen LogP contribution is -2.40. The van der Waals surface area contributed by atoms with Crippen LogP contribution in [0.25, 0.3) is 0 Å². The van der Waals surface area contributed by atoms with Crippen molar-refractivity contribution in [3.8, 4) is 0 Å². The lowest BCUT2D eigenvalue weighted by Gasteiger charge is -2.43. The average molecular weight is 288 g/mol. The molecule has 0 atom stereocenters. The summed E-state index contributed by atoms with van der Waals surface area (Å²) in [5, 5.41) is 3.31. The molecule has 0 spiro atoms. The zero-order chi connectivity index (χ0) is 15.3. The normalized spacial score (nSPS) is 16.3. The molecule has 21 heavy (non-hydrogen) atoms. The van der Waals surface area contributed by atoms with Crippen LogP contribution >= 0.6 is 0 Å². The summed E-state index contributed by atoms with van der Waals surface area (Å²) in [6.45, 7) is 6.27. The van der Waals surface area contributed by atoms with Crippen LogP contribution in [0.3, 0.4) is 0 Å². The average Bonchev–Trinajstić information content (AvgIpc) is 2.45. The van der Waals surface area contributed by atoms with E-state index >= 15 is 0 Å². The number of rotatable bonds is 7. The molecule has 116 valence electrons. The van der Waals surface area contributed by atoms with Gasteiger partial charge in [0.15, 0.2) is 0 Å². The molecule has 1 N–H and O–H groups in total. The molecule has 0 saturated heterocycles. The first-order chi connectivity index (χ1) is 10.1. The maximum Gasteiger partial charge on any atom is 0.236 e. The largest absolute Gasteiger partial charge is 0.345 e. The van der Waals surface area contributed by atoms with Crippen LogP contribution in [0.15, 0.2) is 24.3 Å². The molecular formula is C18H28N2O. The second kappa shape index (κ2) is 7.08. The number of nitrogens with zero attached hydrogens (tertiary/aromatic N) is 1. The Morgan fingerprint density at radius 2 is 1.95 bits per heavy atom. The van der Waals surface area contributed by atoms with Gasteiger partial charge in [0.2, 0.25) is 5.91 Å². The van der Waals surface area contributed by atoms with Crippen molar-refractivity contribution in [2.75, 3.05) is 26.7 Å². The Morgan fingerprint density at radius 3 is 2.48 bits per heavy atom. The number of hydrogen-bond acceptors (Lipinski definition) is 2.